The molecule has 1 atom stereocenters. The molecule has 0 saturated heterocycles. The fourth-order valence-corrected chi connectivity index (χ4v) is 1.45. The van der Waals surface area contributed by atoms with Gasteiger partial charge < -0.3 is 19.9 Å². The molecule has 0 radical (unpaired) electrons. The van der Waals surface area contributed by atoms with Crippen LogP contribution in [0.5, 0.6) is 0 Å². The second-order valence-electron chi connectivity index (χ2n) is 4.51. The van der Waals surface area contributed by atoms with Crippen LogP contribution in [-0.2, 0) is 23.9 Å². The predicted molar refractivity (Wildman–Crippen MR) is 79.7 cm³/mol. The summed E-state index contributed by atoms with van der Waals surface area (Å²) in [5, 5.41) is 12.1. The largest absolute Gasteiger partial charge is 0.463 e. The Labute approximate surface area is 129 Å². The van der Waals surface area contributed by atoms with Crippen molar-refractivity contribution in [3.63, 3.8) is 0 Å². The van der Waals surface area contributed by atoms with E-state index in [-0.39, 0.29) is 32.8 Å². The maximum atomic E-state index is 11.3. The molecule has 0 saturated carbocycles. The minimum atomic E-state index is -0.987. The lowest BCUT2D eigenvalue weighted by Crippen LogP contribution is -2.44. The molecule has 0 fully saturated rings. The summed E-state index contributed by atoms with van der Waals surface area (Å²) >= 11 is 0. The molecule has 0 aliphatic heterocycles. The fourth-order valence-electron chi connectivity index (χ4n) is 1.45. The molecule has 0 aromatic heterocycles. The van der Waals surface area contributed by atoms with Gasteiger partial charge in [-0.25, -0.2) is 9.59 Å². The molecule has 22 heavy (non-hydrogen) atoms. The molecular formula is C15H21NO6. The van der Waals surface area contributed by atoms with Crippen LogP contribution in [0.15, 0.2) is 38.0 Å². The Hall–Kier alpha value is -2.41. The summed E-state index contributed by atoms with van der Waals surface area (Å²) in [5.74, 6) is -1.70. The van der Waals surface area contributed by atoms with Gasteiger partial charge in [-0.15, -0.1) is 0 Å². The third-order valence-electron chi connectivity index (χ3n) is 2.89. The lowest BCUT2D eigenvalue weighted by atomic mass is 9.86. The number of aliphatic hydroxyl groups excluding tert-OH is 1. The van der Waals surface area contributed by atoms with Crippen LogP contribution in [0, 0.1) is 5.41 Å². The van der Waals surface area contributed by atoms with Gasteiger partial charge in [-0.05, 0) is 12.5 Å². The summed E-state index contributed by atoms with van der Waals surface area (Å²) in [6.07, 6.45) is 3.25. The van der Waals surface area contributed by atoms with E-state index in [0.29, 0.717) is 0 Å². The van der Waals surface area contributed by atoms with Gasteiger partial charge in [0.25, 0.3) is 0 Å². The van der Waals surface area contributed by atoms with Gasteiger partial charge in [0.15, 0.2) is 0 Å². The average Bonchev–Trinajstić information content (AvgIpc) is 2.55. The second kappa shape index (κ2) is 10.3. The number of hydrogen-bond donors (Lipinski definition) is 2. The topological polar surface area (TPSA) is 102 Å². The number of amides is 1. The quantitative estimate of drug-likeness (QED) is 0.415. The van der Waals surface area contributed by atoms with E-state index in [1.165, 1.54) is 0 Å². The van der Waals surface area contributed by atoms with Crippen molar-refractivity contribution in [1.82, 2.24) is 5.32 Å². The van der Waals surface area contributed by atoms with Crippen LogP contribution in [0.3, 0.4) is 0 Å². The van der Waals surface area contributed by atoms with Gasteiger partial charge >= 0.3 is 11.9 Å². The zero-order chi connectivity index (χ0) is 17.0. The Bertz CT molecular complexity index is 419. The average molecular weight is 311 g/mol. The molecule has 0 bridgehead atoms. The first-order valence-electron chi connectivity index (χ1n) is 6.52. The predicted octanol–water partition coefficient (Wildman–Crippen LogP) is 0.116. The Balaban J connectivity index is 4.79. The summed E-state index contributed by atoms with van der Waals surface area (Å²) in [6.45, 7) is 9.29. The highest BCUT2D eigenvalue weighted by atomic mass is 16.5. The van der Waals surface area contributed by atoms with Crippen molar-refractivity contribution in [3.8, 4) is 0 Å². The smallest absolute Gasteiger partial charge is 0.330 e. The molecule has 0 aromatic rings. The van der Waals surface area contributed by atoms with Crippen LogP contribution in [0.4, 0.5) is 0 Å². The Morgan fingerprint density at radius 2 is 1.64 bits per heavy atom. The van der Waals surface area contributed by atoms with E-state index in [0.717, 1.165) is 18.2 Å². The minimum Gasteiger partial charge on any atom is -0.463 e. The molecule has 122 valence electrons. The monoisotopic (exact) mass is 311 g/mol. The van der Waals surface area contributed by atoms with Crippen LogP contribution in [-0.4, -0.2) is 49.3 Å². The highest BCUT2D eigenvalue weighted by Crippen LogP contribution is 2.22. The third-order valence-corrected chi connectivity index (χ3v) is 2.89. The first-order valence-corrected chi connectivity index (χ1v) is 6.52. The Morgan fingerprint density at radius 3 is 2.14 bits per heavy atom. The summed E-state index contributed by atoms with van der Waals surface area (Å²) in [7, 11) is 0. The molecular weight excluding hydrogens is 290 g/mol. The standard InChI is InChI=1S/C15H21NO6/c1-4-12(18)16-9-15(10-17,11-22-14(20)6-3)7-8-21-13(19)5-2/h4-6,17H,1-3,7-11H2,(H,16,18). The van der Waals surface area contributed by atoms with Crippen molar-refractivity contribution in [3.05, 3.63) is 38.0 Å². The van der Waals surface area contributed by atoms with Crippen molar-refractivity contribution in [2.24, 2.45) is 5.41 Å². The number of nitrogens with one attached hydrogen (secondary N) is 1. The van der Waals surface area contributed by atoms with Gasteiger partial charge in [0.05, 0.1) is 13.2 Å². The van der Waals surface area contributed by atoms with Crippen molar-refractivity contribution in [2.45, 2.75) is 6.42 Å². The lowest BCUT2D eigenvalue weighted by molar-refractivity contribution is -0.145. The Kier molecular flexibility index (Phi) is 9.20. The first kappa shape index (κ1) is 19.6. The molecule has 7 nitrogen and oxygen atoms in total. The van der Waals surface area contributed by atoms with E-state index < -0.39 is 23.3 Å². The van der Waals surface area contributed by atoms with Crippen molar-refractivity contribution < 1.29 is 29.0 Å². The first-order chi connectivity index (χ1) is 10.4. The molecule has 7 heteroatoms. The SMILES string of the molecule is C=CC(=O)NCC(CO)(CCOC(=O)C=C)COC(=O)C=C. The number of aliphatic hydroxyl groups is 1. The molecule has 0 aromatic carbocycles. The van der Waals surface area contributed by atoms with E-state index in [1.807, 2.05) is 0 Å². The van der Waals surface area contributed by atoms with Crippen molar-refractivity contribution >= 4 is 17.8 Å². The lowest BCUT2D eigenvalue weighted by Gasteiger charge is -2.31. The van der Waals surface area contributed by atoms with Gasteiger partial charge in [-0.2, -0.15) is 0 Å². The number of ether oxygens (including phenoxy) is 2. The summed E-state index contributed by atoms with van der Waals surface area (Å²) in [6, 6.07) is 0. The van der Waals surface area contributed by atoms with Gasteiger partial charge in [-0.3, -0.25) is 4.79 Å². The molecule has 0 spiro atoms. The normalized spacial score (nSPS) is 12.4. The number of carbonyl (C=O) groups excluding carboxylic acids is 3. The van der Waals surface area contributed by atoms with E-state index in [4.69, 9.17) is 9.47 Å². The molecule has 2 N–H and O–H groups in total. The van der Waals surface area contributed by atoms with E-state index >= 15 is 0 Å². The molecule has 0 rings (SSSR count). The van der Waals surface area contributed by atoms with Crippen molar-refractivity contribution in [2.75, 3.05) is 26.4 Å². The molecule has 1 amide bonds. The minimum absolute atomic E-state index is 0.0183. The number of hydrogen-bond acceptors (Lipinski definition) is 6. The molecule has 0 aliphatic rings. The molecule has 1 unspecified atom stereocenters. The highest BCUT2D eigenvalue weighted by Gasteiger charge is 2.32. The maximum absolute atomic E-state index is 11.3. The van der Waals surface area contributed by atoms with Gasteiger partial charge in [0.1, 0.15) is 6.61 Å². The summed E-state index contributed by atoms with van der Waals surface area (Å²) < 4.78 is 9.80. The molecule has 0 heterocycles. The van der Waals surface area contributed by atoms with E-state index in [2.05, 4.69) is 25.1 Å². The number of esters is 2. The summed E-state index contributed by atoms with van der Waals surface area (Å²) in [5.41, 5.74) is -0.987. The van der Waals surface area contributed by atoms with Crippen LogP contribution in [0.1, 0.15) is 6.42 Å². The van der Waals surface area contributed by atoms with Crippen LogP contribution in [0.25, 0.3) is 0 Å². The van der Waals surface area contributed by atoms with Crippen LogP contribution < -0.4 is 5.32 Å². The third kappa shape index (κ3) is 7.39. The van der Waals surface area contributed by atoms with Gasteiger partial charge in [0.2, 0.25) is 5.91 Å². The Morgan fingerprint density at radius 1 is 1.05 bits per heavy atom. The highest BCUT2D eigenvalue weighted by molar-refractivity contribution is 5.86. The van der Waals surface area contributed by atoms with Crippen LogP contribution in [0.2, 0.25) is 0 Å². The van der Waals surface area contributed by atoms with E-state index in [1.54, 1.807) is 0 Å². The fraction of sp³-hybridized carbons (Fsp3) is 0.400. The number of carbonyl (C=O) groups is 3. The maximum Gasteiger partial charge on any atom is 0.330 e. The summed E-state index contributed by atoms with van der Waals surface area (Å²) in [4.78, 5) is 33.5. The van der Waals surface area contributed by atoms with E-state index in [9.17, 15) is 19.5 Å². The second-order valence-corrected chi connectivity index (χ2v) is 4.51. The van der Waals surface area contributed by atoms with Gasteiger partial charge in [0, 0.05) is 24.1 Å². The zero-order valence-electron chi connectivity index (χ0n) is 12.4. The number of rotatable bonds is 11. The van der Waals surface area contributed by atoms with Gasteiger partial charge in [-0.1, -0.05) is 19.7 Å². The van der Waals surface area contributed by atoms with Crippen LogP contribution >= 0.6 is 0 Å². The zero-order valence-corrected chi connectivity index (χ0v) is 12.4. The van der Waals surface area contributed by atoms with Crippen molar-refractivity contribution in [1.29, 1.82) is 0 Å². The molecule has 0 aliphatic carbocycles.